The number of amides is 3. The van der Waals surface area contributed by atoms with Gasteiger partial charge in [-0.3, -0.25) is 14.5 Å². The summed E-state index contributed by atoms with van der Waals surface area (Å²) >= 11 is 0. The minimum atomic E-state index is -0.813. The lowest BCUT2D eigenvalue weighted by Crippen LogP contribution is -2.42. The Balaban J connectivity index is 1.79. The molecular formula is C17H22N2O4. The molecule has 1 aliphatic rings. The molecule has 1 fully saturated rings. The van der Waals surface area contributed by atoms with Crippen molar-refractivity contribution in [2.45, 2.75) is 45.3 Å². The van der Waals surface area contributed by atoms with E-state index in [1.54, 1.807) is 0 Å². The van der Waals surface area contributed by atoms with Gasteiger partial charge in [0.05, 0.1) is 6.42 Å². The number of rotatable bonds is 7. The molecule has 23 heavy (non-hydrogen) atoms. The number of likely N-dealkylation sites (tertiary alicyclic amines) is 1. The van der Waals surface area contributed by atoms with Gasteiger partial charge in [-0.25, -0.2) is 4.79 Å². The van der Waals surface area contributed by atoms with Gasteiger partial charge in [-0.2, -0.15) is 0 Å². The standard InChI is InChI=1S/C17H22N2O4/c1-2-3-7-10-19-15(20)11-14(16(19)21)18-17(22)23-12-13-8-5-4-6-9-13/h4-6,8-9,14H,2-3,7,10-12H2,1H3,(H,18,22)/t14-/m0/s1. The Kier molecular flexibility index (Phi) is 6.14. The molecule has 3 amide bonds. The highest BCUT2D eigenvalue weighted by molar-refractivity contribution is 6.06. The predicted octanol–water partition coefficient (Wildman–Crippen LogP) is 2.23. The number of nitrogens with zero attached hydrogens (tertiary/aromatic N) is 1. The lowest BCUT2D eigenvalue weighted by atomic mass is 10.2. The van der Waals surface area contributed by atoms with Crippen LogP contribution in [0.15, 0.2) is 30.3 Å². The maximum absolute atomic E-state index is 12.2. The molecule has 1 heterocycles. The van der Waals surface area contributed by atoms with Crippen molar-refractivity contribution in [3.63, 3.8) is 0 Å². The fourth-order valence-electron chi connectivity index (χ4n) is 2.46. The van der Waals surface area contributed by atoms with Crippen LogP contribution in [0, 0.1) is 0 Å². The number of carbonyl (C=O) groups is 3. The van der Waals surface area contributed by atoms with Crippen LogP contribution in [0.3, 0.4) is 0 Å². The monoisotopic (exact) mass is 318 g/mol. The van der Waals surface area contributed by atoms with Gasteiger partial charge in [0.15, 0.2) is 0 Å². The molecule has 1 atom stereocenters. The van der Waals surface area contributed by atoms with Crippen molar-refractivity contribution in [2.75, 3.05) is 6.54 Å². The lowest BCUT2D eigenvalue weighted by Gasteiger charge is -2.15. The number of hydrogen-bond acceptors (Lipinski definition) is 4. The van der Waals surface area contributed by atoms with E-state index >= 15 is 0 Å². The molecule has 0 unspecified atom stereocenters. The average molecular weight is 318 g/mol. The van der Waals surface area contributed by atoms with Crippen molar-refractivity contribution < 1.29 is 19.1 Å². The Morgan fingerprint density at radius 2 is 2.00 bits per heavy atom. The predicted molar refractivity (Wildman–Crippen MR) is 84.4 cm³/mol. The normalized spacial score (nSPS) is 17.4. The molecule has 0 bridgehead atoms. The summed E-state index contributed by atoms with van der Waals surface area (Å²) in [5.41, 5.74) is 0.859. The first-order valence-corrected chi connectivity index (χ1v) is 7.93. The molecule has 1 N–H and O–H groups in total. The number of alkyl carbamates (subject to hydrolysis) is 1. The van der Waals surface area contributed by atoms with Crippen LogP contribution in [0.25, 0.3) is 0 Å². The average Bonchev–Trinajstić information content (AvgIpc) is 2.81. The van der Waals surface area contributed by atoms with Crippen LogP contribution in [0.1, 0.15) is 38.2 Å². The molecule has 6 heteroatoms. The smallest absolute Gasteiger partial charge is 0.408 e. The second-order valence-corrected chi connectivity index (χ2v) is 5.55. The maximum atomic E-state index is 12.2. The highest BCUT2D eigenvalue weighted by Gasteiger charge is 2.39. The molecule has 0 spiro atoms. The molecule has 0 aromatic heterocycles. The molecule has 0 saturated carbocycles. The van der Waals surface area contributed by atoms with Crippen molar-refractivity contribution in [1.82, 2.24) is 10.2 Å². The van der Waals surface area contributed by atoms with Crippen molar-refractivity contribution in [3.05, 3.63) is 35.9 Å². The number of benzene rings is 1. The van der Waals surface area contributed by atoms with Gasteiger partial charge in [0.1, 0.15) is 12.6 Å². The van der Waals surface area contributed by atoms with Gasteiger partial charge in [0.2, 0.25) is 5.91 Å². The third-order valence-corrected chi connectivity index (χ3v) is 3.73. The summed E-state index contributed by atoms with van der Waals surface area (Å²) in [6, 6.07) is 8.44. The Labute approximate surface area is 135 Å². The molecule has 1 aromatic rings. The minimum Gasteiger partial charge on any atom is -0.445 e. The van der Waals surface area contributed by atoms with E-state index in [4.69, 9.17) is 4.74 Å². The zero-order valence-corrected chi connectivity index (χ0v) is 13.3. The maximum Gasteiger partial charge on any atom is 0.408 e. The first-order chi connectivity index (χ1) is 11.1. The molecule has 0 radical (unpaired) electrons. The van der Waals surface area contributed by atoms with E-state index in [-0.39, 0.29) is 24.8 Å². The highest BCUT2D eigenvalue weighted by atomic mass is 16.5. The van der Waals surface area contributed by atoms with Gasteiger partial charge in [0.25, 0.3) is 5.91 Å². The molecule has 0 aliphatic carbocycles. The number of hydrogen-bond donors (Lipinski definition) is 1. The van der Waals surface area contributed by atoms with Crippen LogP contribution in [0.4, 0.5) is 4.79 Å². The van der Waals surface area contributed by atoms with Crippen LogP contribution in [0.5, 0.6) is 0 Å². The molecule has 1 aromatic carbocycles. The first kappa shape index (κ1) is 17.0. The molecule has 2 rings (SSSR count). The fourth-order valence-corrected chi connectivity index (χ4v) is 2.46. The second-order valence-electron chi connectivity index (χ2n) is 5.55. The van der Waals surface area contributed by atoms with E-state index in [0.717, 1.165) is 24.8 Å². The highest BCUT2D eigenvalue weighted by Crippen LogP contribution is 2.14. The Morgan fingerprint density at radius 1 is 1.26 bits per heavy atom. The van der Waals surface area contributed by atoms with E-state index in [0.29, 0.717) is 6.54 Å². The van der Waals surface area contributed by atoms with Crippen LogP contribution in [0.2, 0.25) is 0 Å². The Hall–Kier alpha value is -2.37. The number of nitrogens with one attached hydrogen (secondary N) is 1. The largest absolute Gasteiger partial charge is 0.445 e. The van der Waals surface area contributed by atoms with Crippen LogP contribution >= 0.6 is 0 Å². The van der Waals surface area contributed by atoms with E-state index < -0.39 is 12.1 Å². The van der Waals surface area contributed by atoms with Crippen molar-refractivity contribution in [2.24, 2.45) is 0 Å². The van der Waals surface area contributed by atoms with Gasteiger partial charge in [-0.1, -0.05) is 50.1 Å². The SMILES string of the molecule is CCCCCN1C(=O)C[C@H](NC(=O)OCc2ccccc2)C1=O. The van der Waals surface area contributed by atoms with Crippen molar-refractivity contribution >= 4 is 17.9 Å². The third kappa shape index (κ3) is 4.81. The van der Waals surface area contributed by atoms with Gasteiger partial charge in [-0.15, -0.1) is 0 Å². The van der Waals surface area contributed by atoms with Crippen molar-refractivity contribution in [1.29, 1.82) is 0 Å². The van der Waals surface area contributed by atoms with Crippen LogP contribution in [-0.2, 0) is 20.9 Å². The minimum absolute atomic E-state index is 0.00535. The van der Waals surface area contributed by atoms with Gasteiger partial charge >= 0.3 is 6.09 Å². The zero-order valence-electron chi connectivity index (χ0n) is 13.3. The summed E-state index contributed by atoms with van der Waals surface area (Å²) in [6.45, 7) is 2.60. The van der Waals surface area contributed by atoms with Crippen molar-refractivity contribution in [3.8, 4) is 0 Å². The number of unbranched alkanes of at least 4 members (excludes halogenated alkanes) is 2. The first-order valence-electron chi connectivity index (χ1n) is 7.93. The number of ether oxygens (including phenoxy) is 1. The molecule has 6 nitrogen and oxygen atoms in total. The summed E-state index contributed by atoms with van der Waals surface area (Å²) in [5.74, 6) is -0.581. The molecule has 1 aliphatic heterocycles. The lowest BCUT2D eigenvalue weighted by molar-refractivity contribution is -0.138. The van der Waals surface area contributed by atoms with E-state index in [1.807, 2.05) is 30.3 Å². The van der Waals surface area contributed by atoms with Gasteiger partial charge in [0, 0.05) is 6.54 Å². The molecule has 124 valence electrons. The van der Waals surface area contributed by atoms with Gasteiger partial charge < -0.3 is 10.1 Å². The van der Waals surface area contributed by atoms with E-state index in [1.165, 1.54) is 4.90 Å². The van der Waals surface area contributed by atoms with E-state index in [2.05, 4.69) is 12.2 Å². The summed E-state index contributed by atoms with van der Waals surface area (Å²) in [5, 5.41) is 2.48. The number of carbonyl (C=O) groups excluding carboxylic acids is 3. The van der Waals surface area contributed by atoms with Crippen LogP contribution < -0.4 is 5.32 Å². The molecule has 1 saturated heterocycles. The Bertz CT molecular complexity index is 559. The third-order valence-electron chi connectivity index (χ3n) is 3.73. The fraction of sp³-hybridized carbons (Fsp3) is 0.471. The Morgan fingerprint density at radius 3 is 2.70 bits per heavy atom. The van der Waals surface area contributed by atoms with E-state index in [9.17, 15) is 14.4 Å². The summed E-state index contributed by atoms with van der Waals surface area (Å²) in [4.78, 5) is 37.0. The molecular weight excluding hydrogens is 296 g/mol. The van der Waals surface area contributed by atoms with Crippen LogP contribution in [-0.4, -0.2) is 35.4 Å². The summed E-state index contributed by atoms with van der Waals surface area (Å²) < 4.78 is 5.08. The summed E-state index contributed by atoms with van der Waals surface area (Å²) in [6.07, 6.45) is 2.10. The topological polar surface area (TPSA) is 75.7 Å². The zero-order chi connectivity index (χ0) is 16.7. The second kappa shape index (κ2) is 8.31. The quantitative estimate of drug-likeness (QED) is 0.618. The van der Waals surface area contributed by atoms with Gasteiger partial charge in [-0.05, 0) is 12.0 Å². The summed E-state index contributed by atoms with van der Waals surface area (Å²) in [7, 11) is 0. The number of imide groups is 1.